The van der Waals surface area contributed by atoms with Crippen molar-refractivity contribution in [2.24, 2.45) is 10.2 Å². The molecular weight excluding hydrogens is 326 g/mol. The van der Waals surface area contributed by atoms with Crippen LogP contribution in [0.1, 0.15) is 37.3 Å². The van der Waals surface area contributed by atoms with Gasteiger partial charge in [0, 0.05) is 25.7 Å². The molecular formula is C17H19N3O5. The van der Waals surface area contributed by atoms with Crippen molar-refractivity contribution in [3.8, 4) is 23.8 Å². The molecule has 1 aromatic rings. The maximum atomic E-state index is 12.2. The molecule has 1 aromatic carbocycles. The number of nitrogens with one attached hydrogen (secondary N) is 1. The van der Waals surface area contributed by atoms with Crippen LogP contribution in [0, 0.1) is 12.3 Å². The van der Waals surface area contributed by atoms with Crippen LogP contribution in [0.5, 0.6) is 11.5 Å². The zero-order valence-corrected chi connectivity index (χ0v) is 13.7. The third-order valence-corrected chi connectivity index (χ3v) is 3.88. The number of phenols is 2. The molecule has 8 nitrogen and oxygen atoms in total. The lowest BCUT2D eigenvalue weighted by atomic mass is 10.0. The summed E-state index contributed by atoms with van der Waals surface area (Å²) in [6.45, 7) is 0. The summed E-state index contributed by atoms with van der Waals surface area (Å²) in [5, 5.41) is 29.4. The van der Waals surface area contributed by atoms with E-state index in [1.54, 1.807) is 0 Å². The lowest BCUT2D eigenvalue weighted by Gasteiger charge is -2.18. The molecule has 3 N–H and O–H groups in total. The summed E-state index contributed by atoms with van der Waals surface area (Å²) in [7, 11) is 1.19. The number of nitrogens with zero attached hydrogens (tertiary/aromatic N) is 2. The molecule has 0 aromatic heterocycles. The fourth-order valence-corrected chi connectivity index (χ4v) is 2.33. The molecule has 0 bridgehead atoms. The Labute approximate surface area is 144 Å². The Kier molecular flexibility index (Phi) is 5.60. The fraction of sp³-hybridized carbons (Fsp3) is 0.412. The molecule has 0 fully saturated rings. The summed E-state index contributed by atoms with van der Waals surface area (Å²) in [5.41, 5.74) is -0.292. The zero-order chi connectivity index (χ0) is 18.4. The van der Waals surface area contributed by atoms with Crippen molar-refractivity contribution in [2.75, 3.05) is 7.11 Å². The molecule has 0 saturated carbocycles. The number of hydrogen-bond acceptors (Lipinski definition) is 7. The molecule has 0 saturated heterocycles. The van der Waals surface area contributed by atoms with Gasteiger partial charge in [0.2, 0.25) is 5.91 Å². The number of amides is 1. The standard InChI is InChI=1S/C17H19N3O5/c1-3-4-8-17(19-20-17)9-7-14(23)18-15(16(24)25-2)11-5-6-12(21)13(22)10-11/h1,5-6,10,15,21-22H,4,7-9H2,2H3,(H,18,23). The van der Waals surface area contributed by atoms with Crippen LogP contribution < -0.4 is 5.32 Å². The first kappa shape index (κ1) is 18.3. The number of carbonyl (C=O) groups excluding carboxylic acids is 2. The van der Waals surface area contributed by atoms with E-state index < -0.39 is 23.4 Å². The van der Waals surface area contributed by atoms with Crippen LogP contribution in [-0.4, -0.2) is 34.9 Å². The maximum absolute atomic E-state index is 12.2. The number of ether oxygens (including phenoxy) is 1. The van der Waals surface area contributed by atoms with E-state index in [-0.39, 0.29) is 18.1 Å². The molecule has 0 spiro atoms. The quantitative estimate of drug-likeness (QED) is 0.377. The largest absolute Gasteiger partial charge is 0.504 e. The van der Waals surface area contributed by atoms with Crippen molar-refractivity contribution in [3.63, 3.8) is 0 Å². The van der Waals surface area contributed by atoms with Crippen LogP contribution in [0.15, 0.2) is 28.4 Å². The van der Waals surface area contributed by atoms with E-state index in [1.165, 1.54) is 25.3 Å². The van der Waals surface area contributed by atoms with Crippen molar-refractivity contribution >= 4 is 11.9 Å². The first-order chi connectivity index (χ1) is 11.9. The molecule has 1 atom stereocenters. The molecule has 1 heterocycles. The molecule has 1 unspecified atom stereocenters. The summed E-state index contributed by atoms with van der Waals surface area (Å²) in [6.07, 6.45) is 6.83. The Morgan fingerprint density at radius 3 is 2.60 bits per heavy atom. The average molecular weight is 345 g/mol. The van der Waals surface area contributed by atoms with Gasteiger partial charge in [-0.1, -0.05) is 6.07 Å². The van der Waals surface area contributed by atoms with Gasteiger partial charge in [-0.3, -0.25) is 4.79 Å². The maximum Gasteiger partial charge on any atom is 0.333 e. The number of aromatic hydroxyl groups is 2. The van der Waals surface area contributed by atoms with Gasteiger partial charge >= 0.3 is 5.97 Å². The Hall–Kier alpha value is -3.08. The van der Waals surface area contributed by atoms with Gasteiger partial charge in [-0.2, -0.15) is 10.2 Å². The highest BCUT2D eigenvalue weighted by Gasteiger charge is 2.39. The van der Waals surface area contributed by atoms with Crippen molar-refractivity contribution in [1.82, 2.24) is 5.32 Å². The van der Waals surface area contributed by atoms with Gasteiger partial charge in [-0.25, -0.2) is 4.79 Å². The summed E-state index contributed by atoms with van der Waals surface area (Å²) < 4.78 is 4.69. The minimum absolute atomic E-state index is 0.106. The summed E-state index contributed by atoms with van der Waals surface area (Å²) in [5.74, 6) is 0.704. The number of carbonyl (C=O) groups is 2. The van der Waals surface area contributed by atoms with Crippen LogP contribution >= 0.6 is 0 Å². The van der Waals surface area contributed by atoms with E-state index in [9.17, 15) is 19.8 Å². The fourth-order valence-electron chi connectivity index (χ4n) is 2.33. The molecule has 1 aliphatic rings. The molecule has 1 amide bonds. The minimum Gasteiger partial charge on any atom is -0.504 e. The van der Waals surface area contributed by atoms with Gasteiger partial charge in [0.15, 0.2) is 23.2 Å². The highest BCUT2D eigenvalue weighted by molar-refractivity contribution is 5.85. The second-order valence-electron chi connectivity index (χ2n) is 5.66. The SMILES string of the molecule is C#CCCC1(CCC(=O)NC(C(=O)OC)c2ccc(O)c(O)c2)N=N1. The Morgan fingerprint density at radius 2 is 2.04 bits per heavy atom. The van der Waals surface area contributed by atoms with Crippen molar-refractivity contribution < 1.29 is 24.5 Å². The lowest BCUT2D eigenvalue weighted by Crippen LogP contribution is -2.35. The molecule has 8 heteroatoms. The van der Waals surface area contributed by atoms with Crippen LogP contribution in [-0.2, 0) is 14.3 Å². The van der Waals surface area contributed by atoms with Crippen molar-refractivity contribution in [1.29, 1.82) is 0 Å². The average Bonchev–Trinajstić information content (AvgIpc) is 3.38. The van der Waals surface area contributed by atoms with Crippen molar-refractivity contribution in [3.05, 3.63) is 23.8 Å². The first-order valence-corrected chi connectivity index (χ1v) is 7.67. The molecule has 1 aliphatic heterocycles. The Morgan fingerprint density at radius 1 is 1.32 bits per heavy atom. The highest BCUT2D eigenvalue weighted by Crippen LogP contribution is 2.37. The molecule has 0 radical (unpaired) electrons. The summed E-state index contributed by atoms with van der Waals surface area (Å²) in [6, 6.07) is 2.73. The number of esters is 1. The van der Waals surface area contributed by atoms with E-state index in [0.717, 1.165) is 0 Å². The third-order valence-electron chi connectivity index (χ3n) is 3.88. The van der Waals surface area contributed by atoms with Crippen LogP contribution in [0.3, 0.4) is 0 Å². The van der Waals surface area contributed by atoms with Gasteiger partial charge in [0.25, 0.3) is 0 Å². The number of phenolic OH excluding ortho intramolecular Hbond substituents is 2. The number of terminal acetylenes is 1. The summed E-state index contributed by atoms with van der Waals surface area (Å²) in [4.78, 5) is 24.2. The number of benzene rings is 1. The Balaban J connectivity index is 2.00. The second-order valence-corrected chi connectivity index (χ2v) is 5.66. The van der Waals surface area contributed by atoms with Gasteiger partial charge in [0.05, 0.1) is 7.11 Å². The molecule has 132 valence electrons. The van der Waals surface area contributed by atoms with Gasteiger partial charge in [0.1, 0.15) is 0 Å². The van der Waals surface area contributed by atoms with Gasteiger partial charge < -0.3 is 20.3 Å². The van der Waals surface area contributed by atoms with E-state index in [0.29, 0.717) is 24.8 Å². The van der Waals surface area contributed by atoms with Crippen LogP contribution in [0.25, 0.3) is 0 Å². The van der Waals surface area contributed by atoms with Crippen LogP contribution in [0.2, 0.25) is 0 Å². The Bertz CT molecular complexity index is 732. The first-order valence-electron chi connectivity index (χ1n) is 7.67. The predicted octanol–water partition coefficient (Wildman–Crippen LogP) is 1.78. The third kappa shape index (κ3) is 4.70. The molecule has 25 heavy (non-hydrogen) atoms. The number of rotatable bonds is 8. The minimum atomic E-state index is -1.10. The van der Waals surface area contributed by atoms with Gasteiger partial charge in [-0.15, -0.1) is 12.3 Å². The predicted molar refractivity (Wildman–Crippen MR) is 87.6 cm³/mol. The zero-order valence-electron chi connectivity index (χ0n) is 13.7. The van der Waals surface area contributed by atoms with Gasteiger partial charge in [-0.05, 0) is 17.7 Å². The number of methoxy groups -OCH3 is 1. The lowest BCUT2D eigenvalue weighted by molar-refractivity contribution is -0.145. The van der Waals surface area contributed by atoms with Crippen LogP contribution in [0.4, 0.5) is 0 Å². The molecule has 2 rings (SSSR count). The number of hydrogen-bond donors (Lipinski definition) is 3. The second kappa shape index (κ2) is 7.66. The normalized spacial score (nSPS) is 15.0. The monoisotopic (exact) mass is 345 g/mol. The van der Waals surface area contributed by atoms with E-state index in [2.05, 4.69) is 21.5 Å². The van der Waals surface area contributed by atoms with E-state index in [4.69, 9.17) is 11.2 Å². The van der Waals surface area contributed by atoms with Crippen molar-refractivity contribution in [2.45, 2.75) is 37.4 Å². The smallest absolute Gasteiger partial charge is 0.333 e. The van der Waals surface area contributed by atoms with E-state index in [1.807, 2.05) is 0 Å². The molecule has 0 aliphatic carbocycles. The topological polar surface area (TPSA) is 121 Å². The highest BCUT2D eigenvalue weighted by atomic mass is 16.5. The summed E-state index contributed by atoms with van der Waals surface area (Å²) >= 11 is 0. The van der Waals surface area contributed by atoms with E-state index >= 15 is 0 Å².